The van der Waals surface area contributed by atoms with Crippen molar-refractivity contribution in [1.29, 1.82) is 0 Å². The maximum atomic E-state index is 13.3. The Morgan fingerprint density at radius 2 is 1.72 bits per heavy atom. The standard InChI is InChI=1S/C27H23Cl2N3O6S/c1-37-24-12-9-18(15-22(24)32-39(35,36)19-10-11-20(28)21(29)16-19)30-26(33)23(14-17-6-3-2-4-7-17)31-27(34)25-8-5-13-38-25/h2-13,15-16,23,32H,14H2,1H3,(H,30,33)(H,31,34)/t23-/m1/s1. The van der Waals surface area contributed by atoms with Gasteiger partial charge in [-0.15, -0.1) is 0 Å². The van der Waals surface area contributed by atoms with E-state index in [4.69, 9.17) is 32.4 Å². The van der Waals surface area contributed by atoms with Crippen LogP contribution in [0.3, 0.4) is 0 Å². The lowest BCUT2D eigenvalue weighted by molar-refractivity contribution is -0.118. The van der Waals surface area contributed by atoms with Crippen molar-refractivity contribution in [2.24, 2.45) is 0 Å². The number of nitrogens with one attached hydrogen (secondary N) is 3. The van der Waals surface area contributed by atoms with Crippen molar-refractivity contribution in [3.63, 3.8) is 0 Å². The molecule has 4 aromatic rings. The summed E-state index contributed by atoms with van der Waals surface area (Å²) in [6.07, 6.45) is 1.56. The first-order valence-electron chi connectivity index (χ1n) is 11.5. The number of ether oxygens (including phenoxy) is 1. The molecule has 3 N–H and O–H groups in total. The molecule has 0 aliphatic carbocycles. The summed E-state index contributed by atoms with van der Waals surface area (Å²) in [7, 11) is -2.70. The highest BCUT2D eigenvalue weighted by Crippen LogP contribution is 2.31. The number of sulfonamides is 1. The van der Waals surface area contributed by atoms with E-state index in [1.165, 1.54) is 49.8 Å². The van der Waals surface area contributed by atoms with E-state index < -0.39 is 27.9 Å². The highest BCUT2D eigenvalue weighted by atomic mass is 35.5. The Morgan fingerprint density at radius 1 is 0.949 bits per heavy atom. The first-order chi connectivity index (χ1) is 18.7. The lowest BCUT2D eigenvalue weighted by atomic mass is 10.0. The van der Waals surface area contributed by atoms with Crippen molar-refractivity contribution >= 4 is 56.4 Å². The molecule has 0 unspecified atom stereocenters. The molecule has 1 heterocycles. The highest BCUT2D eigenvalue weighted by molar-refractivity contribution is 7.92. The van der Waals surface area contributed by atoms with Gasteiger partial charge in [-0.2, -0.15) is 0 Å². The number of furan rings is 1. The van der Waals surface area contributed by atoms with E-state index in [2.05, 4.69) is 15.4 Å². The fraction of sp³-hybridized carbons (Fsp3) is 0.111. The predicted molar refractivity (Wildman–Crippen MR) is 149 cm³/mol. The highest BCUT2D eigenvalue weighted by Gasteiger charge is 2.24. The average Bonchev–Trinajstić information content (AvgIpc) is 3.46. The number of hydrogen-bond donors (Lipinski definition) is 3. The van der Waals surface area contributed by atoms with Crippen molar-refractivity contribution in [1.82, 2.24) is 5.32 Å². The van der Waals surface area contributed by atoms with E-state index in [1.807, 2.05) is 30.3 Å². The molecule has 0 aliphatic heterocycles. The average molecular weight is 588 g/mol. The van der Waals surface area contributed by atoms with Gasteiger partial charge in [0.1, 0.15) is 11.8 Å². The molecule has 0 spiro atoms. The molecule has 202 valence electrons. The molecule has 3 aromatic carbocycles. The van der Waals surface area contributed by atoms with Gasteiger partial charge in [0.15, 0.2) is 5.76 Å². The molecule has 39 heavy (non-hydrogen) atoms. The minimum Gasteiger partial charge on any atom is -0.495 e. The van der Waals surface area contributed by atoms with Crippen LogP contribution >= 0.6 is 23.2 Å². The summed E-state index contributed by atoms with van der Waals surface area (Å²) >= 11 is 11.9. The molecular formula is C27H23Cl2N3O6S. The van der Waals surface area contributed by atoms with E-state index in [0.29, 0.717) is 0 Å². The Labute approximate surface area is 235 Å². The number of carbonyl (C=O) groups excluding carboxylic acids is 2. The van der Waals surface area contributed by atoms with Gasteiger partial charge in [0.2, 0.25) is 5.91 Å². The topological polar surface area (TPSA) is 127 Å². The van der Waals surface area contributed by atoms with Crippen molar-refractivity contribution in [3.8, 4) is 5.75 Å². The summed E-state index contributed by atoms with van der Waals surface area (Å²) in [4.78, 5) is 25.8. The molecule has 1 atom stereocenters. The van der Waals surface area contributed by atoms with Crippen LogP contribution in [0.1, 0.15) is 16.1 Å². The molecule has 0 aliphatic rings. The van der Waals surface area contributed by atoms with Gasteiger partial charge >= 0.3 is 0 Å². The first-order valence-corrected chi connectivity index (χ1v) is 13.8. The van der Waals surface area contributed by atoms with Gasteiger partial charge in [-0.25, -0.2) is 8.42 Å². The van der Waals surface area contributed by atoms with Crippen LogP contribution in [-0.4, -0.2) is 33.4 Å². The molecule has 2 amide bonds. The monoisotopic (exact) mass is 587 g/mol. The third-order valence-corrected chi connectivity index (χ3v) is 7.66. The Bertz CT molecular complexity index is 1580. The third-order valence-electron chi connectivity index (χ3n) is 5.56. The summed E-state index contributed by atoms with van der Waals surface area (Å²) in [6, 6.07) is 19.6. The zero-order chi connectivity index (χ0) is 28.0. The van der Waals surface area contributed by atoms with Crippen LogP contribution in [0.4, 0.5) is 11.4 Å². The summed E-state index contributed by atoms with van der Waals surface area (Å²) in [5, 5.41) is 5.71. The lowest BCUT2D eigenvalue weighted by Crippen LogP contribution is -2.45. The van der Waals surface area contributed by atoms with Crippen LogP contribution in [0, 0.1) is 0 Å². The molecule has 0 saturated carbocycles. The minimum absolute atomic E-state index is 0.0595. The Morgan fingerprint density at radius 3 is 2.38 bits per heavy atom. The molecule has 0 bridgehead atoms. The summed E-state index contributed by atoms with van der Waals surface area (Å²) < 4.78 is 38.9. The number of benzene rings is 3. The second-order valence-electron chi connectivity index (χ2n) is 8.28. The molecule has 0 radical (unpaired) electrons. The summed E-state index contributed by atoms with van der Waals surface area (Å²) in [6.45, 7) is 0. The molecule has 9 nitrogen and oxygen atoms in total. The number of anilines is 2. The quantitative estimate of drug-likeness (QED) is 0.229. The smallest absolute Gasteiger partial charge is 0.287 e. The minimum atomic E-state index is -4.08. The molecular weight excluding hydrogens is 565 g/mol. The van der Waals surface area contributed by atoms with E-state index in [1.54, 1.807) is 12.1 Å². The summed E-state index contributed by atoms with van der Waals surface area (Å²) in [5.41, 5.74) is 1.15. The predicted octanol–water partition coefficient (Wildman–Crippen LogP) is 5.38. The van der Waals surface area contributed by atoms with Gasteiger partial charge < -0.3 is 19.8 Å². The van der Waals surface area contributed by atoms with Gasteiger partial charge in [0, 0.05) is 12.1 Å². The summed E-state index contributed by atoms with van der Waals surface area (Å²) in [5.74, 6) is -0.809. The van der Waals surface area contributed by atoms with Crippen LogP contribution < -0.4 is 20.1 Å². The van der Waals surface area contributed by atoms with E-state index in [0.717, 1.165) is 5.56 Å². The van der Waals surface area contributed by atoms with Gasteiger partial charge in [-0.1, -0.05) is 53.5 Å². The van der Waals surface area contributed by atoms with Gasteiger partial charge in [-0.05, 0) is 54.1 Å². The second kappa shape index (κ2) is 12.2. The SMILES string of the molecule is COc1ccc(NC(=O)[C@@H](Cc2ccccc2)NC(=O)c2ccco2)cc1NS(=O)(=O)c1ccc(Cl)c(Cl)c1. The van der Waals surface area contributed by atoms with Gasteiger partial charge in [0.25, 0.3) is 15.9 Å². The normalized spacial score (nSPS) is 11.9. The number of halogens is 2. The van der Waals surface area contributed by atoms with E-state index in [-0.39, 0.29) is 44.2 Å². The van der Waals surface area contributed by atoms with E-state index in [9.17, 15) is 18.0 Å². The molecule has 1 aromatic heterocycles. The largest absolute Gasteiger partial charge is 0.495 e. The fourth-order valence-corrected chi connectivity index (χ4v) is 5.09. The molecule has 0 saturated heterocycles. The maximum Gasteiger partial charge on any atom is 0.287 e. The van der Waals surface area contributed by atoms with Gasteiger partial charge in [0.05, 0.1) is 34.0 Å². The Kier molecular flexibility index (Phi) is 8.80. The van der Waals surface area contributed by atoms with Crippen LogP contribution in [0.2, 0.25) is 10.0 Å². The van der Waals surface area contributed by atoms with E-state index >= 15 is 0 Å². The molecule has 12 heteroatoms. The Hall–Kier alpha value is -3.99. The van der Waals surface area contributed by atoms with Crippen LogP contribution in [0.15, 0.2) is 94.4 Å². The number of amides is 2. The van der Waals surface area contributed by atoms with Crippen molar-refractivity contribution in [2.75, 3.05) is 17.1 Å². The first kappa shape index (κ1) is 28.0. The fourth-order valence-electron chi connectivity index (χ4n) is 3.64. The zero-order valence-corrected chi connectivity index (χ0v) is 22.8. The second-order valence-corrected chi connectivity index (χ2v) is 10.8. The Balaban J connectivity index is 1.57. The van der Waals surface area contributed by atoms with Crippen LogP contribution in [0.5, 0.6) is 5.75 Å². The number of hydrogen-bond acceptors (Lipinski definition) is 6. The third kappa shape index (κ3) is 7.11. The number of methoxy groups -OCH3 is 1. The van der Waals surface area contributed by atoms with Gasteiger partial charge in [-0.3, -0.25) is 14.3 Å². The number of rotatable bonds is 10. The lowest BCUT2D eigenvalue weighted by Gasteiger charge is -2.19. The van der Waals surface area contributed by atoms with Crippen LogP contribution in [-0.2, 0) is 21.2 Å². The zero-order valence-electron chi connectivity index (χ0n) is 20.5. The molecule has 4 rings (SSSR count). The molecule has 0 fully saturated rings. The van der Waals surface area contributed by atoms with Crippen molar-refractivity contribution in [2.45, 2.75) is 17.4 Å². The van der Waals surface area contributed by atoms with Crippen molar-refractivity contribution < 1.29 is 27.2 Å². The van der Waals surface area contributed by atoms with Crippen LogP contribution in [0.25, 0.3) is 0 Å². The maximum absolute atomic E-state index is 13.3. The number of carbonyl (C=O) groups is 2. The van der Waals surface area contributed by atoms with Crippen molar-refractivity contribution in [3.05, 3.63) is 106 Å².